The van der Waals surface area contributed by atoms with Crippen molar-refractivity contribution in [1.29, 1.82) is 0 Å². The Labute approximate surface area is 202 Å². The van der Waals surface area contributed by atoms with Crippen molar-refractivity contribution in [3.8, 4) is 11.4 Å². The van der Waals surface area contributed by atoms with Gasteiger partial charge in [-0.05, 0) is 73.2 Å². The summed E-state index contributed by atoms with van der Waals surface area (Å²) in [7, 11) is 1.61. The Kier molecular flexibility index (Phi) is 6.86. The molecule has 0 N–H and O–H groups in total. The first-order valence-electron chi connectivity index (χ1n) is 10.9. The number of aryl methyl sites for hydroxylation is 2. The molecule has 0 fully saturated rings. The molecule has 0 saturated carbocycles. The molecular weight excluding hydrogens is 446 g/mol. The second kappa shape index (κ2) is 10.2. The van der Waals surface area contributed by atoms with Crippen LogP contribution in [0.3, 0.4) is 0 Å². The van der Waals surface area contributed by atoms with Crippen molar-refractivity contribution >= 4 is 23.5 Å². The number of hydrogen-bond donors (Lipinski definition) is 0. The number of ether oxygens (including phenoxy) is 2. The molecule has 0 aliphatic heterocycles. The van der Waals surface area contributed by atoms with Crippen LogP contribution in [0.15, 0.2) is 60.7 Å². The average molecular weight is 472 g/mol. The van der Waals surface area contributed by atoms with E-state index in [0.717, 1.165) is 28.4 Å². The number of nitrogens with zero attached hydrogens (tertiary/aromatic N) is 5. The molecule has 0 aliphatic rings. The number of hydrogen-bond acceptors (Lipinski definition) is 7. The van der Waals surface area contributed by atoms with Crippen LogP contribution in [0.1, 0.15) is 33.1 Å². The molecule has 9 heteroatoms. The van der Waals surface area contributed by atoms with Crippen molar-refractivity contribution < 1.29 is 19.1 Å². The molecule has 4 aromatic rings. The molecule has 0 aliphatic carbocycles. The zero-order chi connectivity index (χ0) is 24.9. The number of benzene rings is 2. The van der Waals surface area contributed by atoms with E-state index in [1.54, 1.807) is 26.2 Å². The van der Waals surface area contributed by atoms with Gasteiger partial charge in [0.2, 0.25) is 5.78 Å². The fraction of sp³-hybridized carbons (Fsp3) is 0.192. The molecule has 0 spiro atoms. The molecule has 2 aromatic carbocycles. The van der Waals surface area contributed by atoms with Crippen LogP contribution >= 0.6 is 0 Å². The van der Waals surface area contributed by atoms with Crippen LogP contribution in [-0.2, 0) is 9.53 Å². The molecule has 35 heavy (non-hydrogen) atoms. The van der Waals surface area contributed by atoms with Crippen molar-refractivity contribution in [1.82, 2.24) is 24.8 Å². The summed E-state index contributed by atoms with van der Waals surface area (Å²) in [4.78, 5) is 26.0. The second-order valence-corrected chi connectivity index (χ2v) is 7.90. The summed E-state index contributed by atoms with van der Waals surface area (Å²) < 4.78 is 13.9. The predicted octanol–water partition coefficient (Wildman–Crippen LogP) is 3.82. The van der Waals surface area contributed by atoms with Gasteiger partial charge in [-0.2, -0.15) is 4.68 Å². The van der Waals surface area contributed by atoms with E-state index in [4.69, 9.17) is 9.47 Å². The number of aromatic nitrogens is 5. The van der Waals surface area contributed by atoms with Crippen molar-refractivity contribution in [3.63, 3.8) is 0 Å². The van der Waals surface area contributed by atoms with E-state index in [0.29, 0.717) is 11.4 Å². The van der Waals surface area contributed by atoms with E-state index >= 15 is 0 Å². The van der Waals surface area contributed by atoms with Gasteiger partial charge in [-0.25, -0.2) is 4.79 Å². The van der Waals surface area contributed by atoms with E-state index < -0.39 is 12.6 Å². The van der Waals surface area contributed by atoms with Crippen LogP contribution < -0.4 is 4.74 Å². The third-order valence-electron chi connectivity index (χ3n) is 5.56. The van der Waals surface area contributed by atoms with Gasteiger partial charge in [-0.3, -0.25) is 4.79 Å². The minimum atomic E-state index is -0.707. The fourth-order valence-corrected chi connectivity index (χ4v) is 3.82. The van der Waals surface area contributed by atoms with Gasteiger partial charge in [-0.1, -0.05) is 30.3 Å². The van der Waals surface area contributed by atoms with Gasteiger partial charge in [0.15, 0.2) is 18.1 Å². The fourth-order valence-electron chi connectivity index (χ4n) is 3.82. The average Bonchev–Trinajstić information content (AvgIpc) is 3.43. The minimum absolute atomic E-state index is 0.107. The summed E-state index contributed by atoms with van der Waals surface area (Å²) in [5.74, 6) is 0.148. The highest BCUT2D eigenvalue weighted by Gasteiger charge is 2.22. The monoisotopic (exact) mass is 471 g/mol. The number of carbonyl (C=O) groups is 2. The number of Topliss-reactive ketones (excluding diaryl/α,β-unsaturated/α-hetero) is 1. The number of esters is 1. The van der Waals surface area contributed by atoms with E-state index in [9.17, 15) is 9.59 Å². The Morgan fingerprint density at radius 3 is 2.34 bits per heavy atom. The summed E-state index contributed by atoms with van der Waals surface area (Å²) in [6.07, 6.45) is 1.62. The van der Waals surface area contributed by atoms with Gasteiger partial charge in [-0.15, -0.1) is 5.10 Å². The molecule has 178 valence electrons. The molecule has 2 heterocycles. The largest absolute Gasteiger partial charge is 0.497 e. The van der Waals surface area contributed by atoms with Gasteiger partial charge < -0.3 is 14.0 Å². The van der Waals surface area contributed by atoms with Crippen molar-refractivity contribution in [2.75, 3.05) is 13.7 Å². The smallest absolute Gasteiger partial charge is 0.357 e. The quantitative estimate of drug-likeness (QED) is 0.219. The molecule has 2 aromatic heterocycles. The summed E-state index contributed by atoms with van der Waals surface area (Å²) in [6.45, 7) is 5.03. The summed E-state index contributed by atoms with van der Waals surface area (Å²) in [5.41, 5.74) is 3.90. The number of carbonyl (C=O) groups excluding carboxylic acids is 2. The molecule has 0 unspecified atom stereocenters. The lowest BCUT2D eigenvalue weighted by molar-refractivity contribution is -0.136. The maximum absolute atomic E-state index is 13.0. The first-order chi connectivity index (χ1) is 16.9. The molecule has 4 rings (SSSR count). The Morgan fingerprint density at radius 1 is 1.00 bits per heavy atom. The maximum Gasteiger partial charge on any atom is 0.357 e. The first kappa shape index (κ1) is 23.6. The molecule has 9 nitrogen and oxygen atoms in total. The van der Waals surface area contributed by atoms with Gasteiger partial charge in [0, 0.05) is 22.6 Å². The van der Waals surface area contributed by atoms with Crippen LogP contribution in [-0.4, -0.2) is 50.2 Å². The normalized spacial score (nSPS) is 11.4. The lowest BCUT2D eigenvalue weighted by Crippen LogP contribution is -2.19. The SMILES string of the molecule is COc1ccc(-n2c(C)cc(C(=O)COC(=O)/C(=C/c3ccccc3)n3nnnc3C)c2C)cc1. The zero-order valence-corrected chi connectivity index (χ0v) is 19.9. The minimum Gasteiger partial charge on any atom is -0.497 e. The van der Waals surface area contributed by atoms with Gasteiger partial charge in [0.25, 0.3) is 0 Å². The van der Waals surface area contributed by atoms with Gasteiger partial charge >= 0.3 is 5.97 Å². The van der Waals surface area contributed by atoms with Crippen LogP contribution in [0.25, 0.3) is 17.5 Å². The van der Waals surface area contributed by atoms with Crippen LogP contribution in [0.2, 0.25) is 0 Å². The third-order valence-corrected chi connectivity index (χ3v) is 5.56. The molecular formula is C26H25N5O4. The molecule has 0 bridgehead atoms. The van der Waals surface area contributed by atoms with Crippen LogP contribution in [0.4, 0.5) is 0 Å². The molecule has 0 radical (unpaired) electrons. The number of ketones is 1. The van der Waals surface area contributed by atoms with E-state index in [1.165, 1.54) is 4.68 Å². The van der Waals surface area contributed by atoms with E-state index in [-0.39, 0.29) is 11.5 Å². The zero-order valence-electron chi connectivity index (χ0n) is 19.9. The van der Waals surface area contributed by atoms with Crippen LogP contribution in [0.5, 0.6) is 5.75 Å². The van der Waals surface area contributed by atoms with Crippen molar-refractivity contribution in [2.45, 2.75) is 20.8 Å². The van der Waals surface area contributed by atoms with E-state index in [1.807, 2.05) is 73.0 Å². The lowest BCUT2D eigenvalue weighted by Gasteiger charge is -2.11. The van der Waals surface area contributed by atoms with Crippen molar-refractivity contribution in [2.24, 2.45) is 0 Å². The topological polar surface area (TPSA) is 101 Å². The standard InChI is InChI=1S/C26H25N5O4/c1-17-14-23(18(2)30(17)21-10-12-22(34-4)13-11-21)25(32)16-35-26(33)24(31-19(3)27-28-29-31)15-20-8-6-5-7-9-20/h5-15H,16H2,1-4H3/b24-15-. The summed E-state index contributed by atoms with van der Waals surface area (Å²) >= 11 is 0. The van der Waals surface area contributed by atoms with Crippen LogP contribution in [0, 0.1) is 20.8 Å². The highest BCUT2D eigenvalue weighted by atomic mass is 16.5. The third kappa shape index (κ3) is 5.03. The van der Waals surface area contributed by atoms with E-state index in [2.05, 4.69) is 15.5 Å². The highest BCUT2D eigenvalue weighted by Crippen LogP contribution is 2.23. The summed E-state index contributed by atoms with van der Waals surface area (Å²) in [5, 5.41) is 11.3. The van der Waals surface area contributed by atoms with Gasteiger partial charge in [0.05, 0.1) is 7.11 Å². The molecule has 0 saturated heterocycles. The number of methoxy groups -OCH3 is 1. The predicted molar refractivity (Wildman–Crippen MR) is 130 cm³/mol. The Morgan fingerprint density at radius 2 is 1.71 bits per heavy atom. The highest BCUT2D eigenvalue weighted by molar-refractivity contribution is 6.16. The van der Waals surface area contributed by atoms with Crippen molar-refractivity contribution in [3.05, 3.63) is 89.0 Å². The number of tetrazole rings is 1. The Bertz CT molecular complexity index is 1390. The maximum atomic E-state index is 13.0. The lowest BCUT2D eigenvalue weighted by atomic mass is 10.1. The molecule has 0 atom stereocenters. The summed E-state index contributed by atoms with van der Waals surface area (Å²) in [6, 6.07) is 18.6. The Hall–Kier alpha value is -4.53. The Balaban J connectivity index is 1.55. The molecule has 0 amide bonds. The first-order valence-corrected chi connectivity index (χ1v) is 10.9. The number of rotatable bonds is 8. The van der Waals surface area contributed by atoms with Gasteiger partial charge in [0.1, 0.15) is 5.75 Å². The second-order valence-electron chi connectivity index (χ2n) is 7.90.